The highest BCUT2D eigenvalue weighted by atomic mass is 15.3. The van der Waals surface area contributed by atoms with Crippen LogP contribution < -0.4 is 5.73 Å². The van der Waals surface area contributed by atoms with E-state index in [-0.39, 0.29) is 17.6 Å². The number of hydrogen-bond donors (Lipinski definition) is 1. The summed E-state index contributed by atoms with van der Waals surface area (Å²) in [5, 5.41) is 4.31. The normalized spacial score (nSPS) is 27.2. The van der Waals surface area contributed by atoms with E-state index in [1.807, 2.05) is 17.9 Å². The number of aromatic nitrogens is 2. The van der Waals surface area contributed by atoms with Crippen molar-refractivity contribution in [1.29, 1.82) is 0 Å². The lowest BCUT2D eigenvalue weighted by molar-refractivity contribution is 0.0711. The van der Waals surface area contributed by atoms with Crippen LogP contribution in [-0.2, 0) is 7.05 Å². The second kappa shape index (κ2) is 5.02. The number of nitrogens with zero attached hydrogens (tertiary/aromatic N) is 3. The predicted molar refractivity (Wildman–Crippen MR) is 74.2 cm³/mol. The third-order valence-electron chi connectivity index (χ3n) is 3.95. The molecule has 1 saturated heterocycles. The van der Waals surface area contributed by atoms with Gasteiger partial charge >= 0.3 is 0 Å². The number of aryl methyl sites for hydroxylation is 1. The minimum Gasteiger partial charge on any atom is -0.326 e. The Bertz CT molecular complexity index is 391. The Morgan fingerprint density at radius 2 is 2.06 bits per heavy atom. The molecule has 0 aliphatic carbocycles. The summed E-state index contributed by atoms with van der Waals surface area (Å²) in [6.45, 7) is 7.93. The average molecular weight is 250 g/mol. The van der Waals surface area contributed by atoms with Crippen molar-refractivity contribution in [3.8, 4) is 0 Å². The summed E-state index contributed by atoms with van der Waals surface area (Å²) in [6, 6.07) is 2.58. The van der Waals surface area contributed by atoms with Crippen molar-refractivity contribution >= 4 is 0 Å². The van der Waals surface area contributed by atoms with Crippen LogP contribution in [0.3, 0.4) is 0 Å². The molecule has 2 heterocycles. The smallest absolute Gasteiger partial charge is 0.0674 e. The monoisotopic (exact) mass is 250 g/mol. The molecular formula is C14H26N4. The maximum absolute atomic E-state index is 6.44. The fourth-order valence-corrected chi connectivity index (χ4v) is 3.00. The summed E-state index contributed by atoms with van der Waals surface area (Å²) in [5.74, 6) is 0. The Hall–Kier alpha value is -0.870. The first kappa shape index (κ1) is 13.6. The number of nitrogens with two attached hydrogens (primary N) is 1. The van der Waals surface area contributed by atoms with Crippen molar-refractivity contribution in [2.45, 2.75) is 57.7 Å². The van der Waals surface area contributed by atoms with E-state index in [2.05, 4.69) is 36.8 Å². The van der Waals surface area contributed by atoms with Crippen LogP contribution in [0.4, 0.5) is 0 Å². The molecule has 0 aromatic carbocycles. The summed E-state index contributed by atoms with van der Waals surface area (Å²) in [4.78, 5) is 2.54. The third-order valence-corrected chi connectivity index (χ3v) is 3.95. The Kier molecular flexibility index (Phi) is 3.78. The number of likely N-dealkylation sites (tertiary alicyclic amines) is 1. The van der Waals surface area contributed by atoms with Crippen LogP contribution in [0.25, 0.3) is 0 Å². The Morgan fingerprint density at radius 3 is 2.61 bits per heavy atom. The largest absolute Gasteiger partial charge is 0.326 e. The summed E-state index contributed by atoms with van der Waals surface area (Å²) in [5.41, 5.74) is 7.81. The molecule has 102 valence electrons. The molecule has 2 N–H and O–H groups in total. The molecule has 1 aliphatic heterocycles. The second-order valence-corrected chi connectivity index (χ2v) is 6.35. The first-order valence-electron chi connectivity index (χ1n) is 6.91. The van der Waals surface area contributed by atoms with Crippen molar-refractivity contribution in [3.63, 3.8) is 0 Å². The van der Waals surface area contributed by atoms with Gasteiger partial charge in [0.1, 0.15) is 0 Å². The minimum atomic E-state index is 0.136. The van der Waals surface area contributed by atoms with Gasteiger partial charge in [-0.25, -0.2) is 0 Å². The molecule has 1 aromatic rings. The lowest BCUT2D eigenvalue weighted by Gasteiger charge is -2.42. The molecule has 1 fully saturated rings. The van der Waals surface area contributed by atoms with Gasteiger partial charge in [-0.15, -0.1) is 0 Å². The van der Waals surface area contributed by atoms with Gasteiger partial charge in [0.15, 0.2) is 0 Å². The van der Waals surface area contributed by atoms with Gasteiger partial charge < -0.3 is 5.73 Å². The topological polar surface area (TPSA) is 47.1 Å². The van der Waals surface area contributed by atoms with Gasteiger partial charge in [0.2, 0.25) is 0 Å². The van der Waals surface area contributed by atoms with Crippen LogP contribution in [0.1, 0.15) is 51.8 Å². The van der Waals surface area contributed by atoms with Crippen molar-refractivity contribution in [2.24, 2.45) is 12.8 Å². The van der Waals surface area contributed by atoms with E-state index in [1.165, 1.54) is 18.5 Å². The molecule has 2 unspecified atom stereocenters. The maximum atomic E-state index is 6.44. The first-order chi connectivity index (χ1) is 8.41. The Morgan fingerprint density at radius 1 is 1.33 bits per heavy atom. The summed E-state index contributed by atoms with van der Waals surface area (Å²) < 4.78 is 1.97. The first-order valence-corrected chi connectivity index (χ1v) is 6.91. The fraction of sp³-hybridized carbons (Fsp3) is 0.786. The molecule has 0 radical (unpaired) electrons. The zero-order chi connectivity index (χ0) is 13.3. The molecule has 0 amide bonds. The maximum Gasteiger partial charge on any atom is 0.0674 e. The molecular weight excluding hydrogens is 224 g/mol. The van der Waals surface area contributed by atoms with Gasteiger partial charge in [-0.1, -0.05) is 6.42 Å². The number of hydrogen-bond acceptors (Lipinski definition) is 3. The highest BCUT2D eigenvalue weighted by Gasteiger charge is 2.36. The van der Waals surface area contributed by atoms with E-state index in [9.17, 15) is 0 Å². The van der Waals surface area contributed by atoms with Crippen molar-refractivity contribution < 1.29 is 0 Å². The molecule has 2 rings (SSSR count). The molecule has 0 saturated carbocycles. The average Bonchev–Trinajstić information content (AvgIpc) is 2.56. The summed E-state index contributed by atoms with van der Waals surface area (Å²) >= 11 is 0. The standard InChI is InChI=1S/C14H26N4/c1-14(2,3)18-10-6-5-7-11(15)13(18)12-8-9-16-17(12)4/h8-9,11,13H,5-7,10,15H2,1-4H3. The molecule has 0 bridgehead atoms. The SMILES string of the molecule is Cn1nccc1C1C(N)CCCCN1C(C)(C)C. The lowest BCUT2D eigenvalue weighted by atomic mass is 9.96. The van der Waals surface area contributed by atoms with Gasteiger partial charge in [-0.05, 0) is 46.2 Å². The van der Waals surface area contributed by atoms with E-state index >= 15 is 0 Å². The van der Waals surface area contributed by atoms with Crippen LogP contribution in [0.15, 0.2) is 12.3 Å². The second-order valence-electron chi connectivity index (χ2n) is 6.35. The molecule has 4 nitrogen and oxygen atoms in total. The van der Waals surface area contributed by atoms with Gasteiger partial charge in [-0.2, -0.15) is 5.10 Å². The van der Waals surface area contributed by atoms with Crippen LogP contribution in [-0.4, -0.2) is 32.8 Å². The van der Waals surface area contributed by atoms with Gasteiger partial charge in [0.05, 0.1) is 11.7 Å². The van der Waals surface area contributed by atoms with Crippen molar-refractivity contribution in [2.75, 3.05) is 6.54 Å². The zero-order valence-corrected chi connectivity index (χ0v) is 12.1. The Labute approximate surface area is 110 Å². The third kappa shape index (κ3) is 2.59. The van der Waals surface area contributed by atoms with Gasteiger partial charge in [0, 0.05) is 24.8 Å². The molecule has 18 heavy (non-hydrogen) atoms. The predicted octanol–water partition coefficient (Wildman–Crippen LogP) is 2.07. The quantitative estimate of drug-likeness (QED) is 0.830. The van der Waals surface area contributed by atoms with Gasteiger partial charge in [-0.3, -0.25) is 9.58 Å². The van der Waals surface area contributed by atoms with E-state index < -0.39 is 0 Å². The van der Waals surface area contributed by atoms with Gasteiger partial charge in [0.25, 0.3) is 0 Å². The molecule has 4 heteroatoms. The van der Waals surface area contributed by atoms with Crippen LogP contribution in [0, 0.1) is 0 Å². The molecule has 1 aliphatic rings. The van der Waals surface area contributed by atoms with E-state index in [0.29, 0.717) is 0 Å². The Balaban J connectivity index is 2.38. The van der Waals surface area contributed by atoms with Crippen molar-refractivity contribution in [1.82, 2.24) is 14.7 Å². The van der Waals surface area contributed by atoms with E-state index in [1.54, 1.807) is 0 Å². The molecule has 1 aromatic heterocycles. The molecule has 2 atom stereocenters. The summed E-state index contributed by atoms with van der Waals surface area (Å²) in [6.07, 6.45) is 5.43. The minimum absolute atomic E-state index is 0.136. The van der Waals surface area contributed by atoms with Crippen molar-refractivity contribution in [3.05, 3.63) is 18.0 Å². The van der Waals surface area contributed by atoms with E-state index in [0.717, 1.165) is 13.0 Å². The molecule has 0 spiro atoms. The summed E-state index contributed by atoms with van der Waals surface area (Å²) in [7, 11) is 2.01. The highest BCUT2D eigenvalue weighted by Crippen LogP contribution is 2.34. The van der Waals surface area contributed by atoms with E-state index in [4.69, 9.17) is 5.73 Å². The van der Waals surface area contributed by atoms with Crippen LogP contribution in [0.2, 0.25) is 0 Å². The van der Waals surface area contributed by atoms with Crippen LogP contribution in [0.5, 0.6) is 0 Å². The number of rotatable bonds is 1. The lowest BCUT2D eigenvalue weighted by Crippen LogP contribution is -2.49. The highest BCUT2D eigenvalue weighted by molar-refractivity contribution is 5.12. The fourth-order valence-electron chi connectivity index (χ4n) is 3.00. The zero-order valence-electron chi connectivity index (χ0n) is 12.1. The van der Waals surface area contributed by atoms with Crippen LogP contribution >= 0.6 is 0 Å².